The van der Waals surface area contributed by atoms with Gasteiger partial charge in [-0.25, -0.2) is 0 Å². The van der Waals surface area contributed by atoms with E-state index >= 15 is 0 Å². The maximum Gasteiger partial charge on any atom is 0.142 e. The number of aromatic nitrogens is 1. The second-order valence-electron chi connectivity index (χ2n) is 13.5. The summed E-state index contributed by atoms with van der Waals surface area (Å²) in [5.41, 5.74) is 9.45. The molecule has 2 heteroatoms. The number of fused-ring (bicyclic) bond motifs is 4. The molecule has 2 heterocycles. The summed E-state index contributed by atoms with van der Waals surface area (Å²) in [7, 11) is 0. The molecule has 1 atom stereocenters. The van der Waals surface area contributed by atoms with Gasteiger partial charge in [-0.05, 0) is 125 Å². The predicted molar refractivity (Wildman–Crippen MR) is 218 cm³/mol. The van der Waals surface area contributed by atoms with Crippen molar-refractivity contribution in [1.29, 1.82) is 0 Å². The van der Waals surface area contributed by atoms with Gasteiger partial charge in [-0.15, -0.1) is 0 Å². The monoisotopic (exact) mass is 663 g/mol. The Bertz CT molecular complexity index is 2870. The Morgan fingerprint density at radius 3 is 1.60 bits per heavy atom. The van der Waals surface area contributed by atoms with Crippen LogP contribution in [-0.2, 0) is 4.74 Å². The van der Waals surface area contributed by atoms with Crippen LogP contribution < -0.4 is 0 Å². The summed E-state index contributed by atoms with van der Waals surface area (Å²) in [6.07, 6.45) is 9.62. The van der Waals surface area contributed by atoms with Crippen LogP contribution in [0.15, 0.2) is 194 Å². The van der Waals surface area contributed by atoms with Crippen molar-refractivity contribution in [3.63, 3.8) is 0 Å². The summed E-state index contributed by atoms with van der Waals surface area (Å²) in [5.74, 6) is 0.851. The highest BCUT2D eigenvalue weighted by molar-refractivity contribution is 6.22. The summed E-state index contributed by atoms with van der Waals surface area (Å²) >= 11 is 0. The number of hydrogen-bond acceptors (Lipinski definition) is 2. The van der Waals surface area contributed by atoms with E-state index in [0.717, 1.165) is 16.9 Å². The summed E-state index contributed by atoms with van der Waals surface area (Å²) in [6.45, 7) is 0. The maximum absolute atomic E-state index is 6.43. The van der Waals surface area contributed by atoms with Gasteiger partial charge in [0.1, 0.15) is 11.9 Å². The van der Waals surface area contributed by atoms with Gasteiger partial charge in [0.25, 0.3) is 0 Å². The minimum atomic E-state index is -0.158. The van der Waals surface area contributed by atoms with Gasteiger partial charge in [0.05, 0.1) is 0 Å². The highest BCUT2D eigenvalue weighted by atomic mass is 16.5. The molecular formula is C50H33NO. The van der Waals surface area contributed by atoms with E-state index in [0.29, 0.717) is 0 Å². The van der Waals surface area contributed by atoms with Crippen molar-refractivity contribution in [3.05, 3.63) is 206 Å². The molecule has 1 aliphatic rings. The van der Waals surface area contributed by atoms with Crippen molar-refractivity contribution in [2.75, 3.05) is 0 Å². The molecule has 244 valence electrons. The van der Waals surface area contributed by atoms with Crippen molar-refractivity contribution in [1.82, 2.24) is 4.98 Å². The molecule has 1 unspecified atom stereocenters. The lowest BCUT2D eigenvalue weighted by molar-refractivity contribution is 0.212. The van der Waals surface area contributed by atoms with Crippen LogP contribution in [-0.4, -0.2) is 4.98 Å². The fourth-order valence-corrected chi connectivity index (χ4v) is 7.85. The number of benzene rings is 8. The van der Waals surface area contributed by atoms with E-state index in [-0.39, 0.29) is 6.10 Å². The smallest absolute Gasteiger partial charge is 0.142 e. The largest absolute Gasteiger partial charge is 0.481 e. The average Bonchev–Trinajstić information content (AvgIpc) is 3.22. The predicted octanol–water partition coefficient (Wildman–Crippen LogP) is 13.4. The normalized spacial score (nSPS) is 14.2. The number of allylic oxidation sites excluding steroid dienone is 2. The van der Waals surface area contributed by atoms with Gasteiger partial charge in [-0.3, -0.25) is 4.98 Å². The maximum atomic E-state index is 6.43. The third-order valence-electron chi connectivity index (χ3n) is 10.4. The highest BCUT2D eigenvalue weighted by Crippen LogP contribution is 2.46. The van der Waals surface area contributed by atoms with Crippen molar-refractivity contribution in [2.45, 2.75) is 6.10 Å². The summed E-state index contributed by atoms with van der Waals surface area (Å²) < 4.78 is 6.43. The van der Waals surface area contributed by atoms with Crippen molar-refractivity contribution in [2.24, 2.45) is 0 Å². The molecule has 1 aliphatic heterocycles. The van der Waals surface area contributed by atoms with Crippen molar-refractivity contribution < 1.29 is 4.74 Å². The van der Waals surface area contributed by atoms with Crippen molar-refractivity contribution in [3.8, 4) is 33.4 Å². The lowest BCUT2D eigenvalue weighted by Gasteiger charge is -2.22. The molecule has 1 aromatic heterocycles. The zero-order valence-electron chi connectivity index (χ0n) is 28.4. The number of rotatable bonds is 5. The summed E-state index contributed by atoms with van der Waals surface area (Å²) in [4.78, 5) is 4.15. The number of pyridine rings is 1. The molecule has 8 aromatic carbocycles. The first-order chi connectivity index (χ1) is 25.8. The molecule has 0 radical (unpaired) electrons. The van der Waals surface area contributed by atoms with Crippen LogP contribution in [0.5, 0.6) is 0 Å². The second-order valence-corrected chi connectivity index (χ2v) is 13.5. The van der Waals surface area contributed by atoms with Crippen LogP contribution in [0, 0.1) is 0 Å². The number of hydrogen-bond donors (Lipinski definition) is 0. The lowest BCUT2D eigenvalue weighted by Crippen LogP contribution is -2.04. The van der Waals surface area contributed by atoms with Gasteiger partial charge in [-0.2, -0.15) is 0 Å². The zero-order valence-corrected chi connectivity index (χ0v) is 28.4. The summed E-state index contributed by atoms with van der Waals surface area (Å²) in [5, 5.41) is 9.96. The minimum Gasteiger partial charge on any atom is -0.481 e. The van der Waals surface area contributed by atoms with E-state index in [4.69, 9.17) is 4.74 Å². The molecule has 2 nitrogen and oxygen atoms in total. The zero-order chi connectivity index (χ0) is 34.4. The van der Waals surface area contributed by atoms with Gasteiger partial charge < -0.3 is 4.74 Å². The van der Waals surface area contributed by atoms with E-state index in [1.165, 1.54) is 76.5 Å². The Labute approximate surface area is 302 Å². The highest BCUT2D eigenvalue weighted by Gasteiger charge is 2.19. The van der Waals surface area contributed by atoms with Gasteiger partial charge >= 0.3 is 0 Å². The molecule has 9 aromatic rings. The third kappa shape index (κ3) is 5.25. The average molecular weight is 664 g/mol. The van der Waals surface area contributed by atoms with E-state index < -0.39 is 0 Å². The first-order valence-corrected chi connectivity index (χ1v) is 17.8. The SMILES string of the molecule is C1=CC(c2ccc(-c3ccc4c(-c5ccc6ccccc6c5)c5ccccc5c(-c5ccc6ccccc6c5)c4c3)cc2)OC(c2ccncc2)=C1. The molecule has 0 bridgehead atoms. The fourth-order valence-electron chi connectivity index (χ4n) is 7.85. The number of nitrogens with zero attached hydrogens (tertiary/aromatic N) is 1. The lowest BCUT2D eigenvalue weighted by atomic mass is 9.84. The van der Waals surface area contributed by atoms with Crippen LogP contribution in [0.25, 0.3) is 82.2 Å². The minimum absolute atomic E-state index is 0.158. The molecule has 0 saturated heterocycles. The first-order valence-electron chi connectivity index (χ1n) is 17.8. The Morgan fingerprint density at radius 2 is 0.942 bits per heavy atom. The van der Waals surface area contributed by atoms with Gasteiger partial charge in [-0.1, -0.05) is 140 Å². The van der Waals surface area contributed by atoms with Crippen LogP contribution in [0.1, 0.15) is 17.2 Å². The Morgan fingerprint density at radius 1 is 0.404 bits per heavy atom. The van der Waals surface area contributed by atoms with Crippen LogP contribution in [0.3, 0.4) is 0 Å². The van der Waals surface area contributed by atoms with Gasteiger partial charge in [0, 0.05) is 18.0 Å². The topological polar surface area (TPSA) is 22.1 Å². The van der Waals surface area contributed by atoms with E-state index in [1.54, 1.807) is 12.4 Å². The molecule has 0 amide bonds. The van der Waals surface area contributed by atoms with E-state index in [2.05, 4.69) is 169 Å². The molecule has 52 heavy (non-hydrogen) atoms. The number of ether oxygens (including phenoxy) is 1. The van der Waals surface area contributed by atoms with E-state index in [9.17, 15) is 0 Å². The Balaban J connectivity index is 1.14. The molecule has 0 spiro atoms. The second kappa shape index (κ2) is 12.5. The van der Waals surface area contributed by atoms with Crippen molar-refractivity contribution >= 4 is 48.8 Å². The van der Waals surface area contributed by atoms with Gasteiger partial charge in [0.2, 0.25) is 0 Å². The van der Waals surface area contributed by atoms with E-state index in [1.807, 2.05) is 18.2 Å². The molecule has 0 fully saturated rings. The standard InChI is InChI=1S/C50H33NO/c1-3-10-38-30-41(22-18-33(38)8-1)49-43-12-5-6-13-44(43)50(42-23-19-34-9-2-4-11-39(34)31-42)46-32-40(24-25-45(46)49)35-16-20-36(21-17-35)47-14-7-15-48(52-47)37-26-28-51-29-27-37/h1-32,47H. The third-order valence-corrected chi connectivity index (χ3v) is 10.4. The molecule has 10 rings (SSSR count). The molecule has 0 aliphatic carbocycles. The Kier molecular flexibility index (Phi) is 7.25. The van der Waals surface area contributed by atoms with Gasteiger partial charge in [0.15, 0.2) is 0 Å². The van der Waals surface area contributed by atoms with Crippen LogP contribution in [0.4, 0.5) is 0 Å². The summed E-state index contributed by atoms with van der Waals surface area (Å²) in [6, 6.07) is 59.7. The van der Waals surface area contributed by atoms with Crippen LogP contribution >= 0.6 is 0 Å². The first kappa shape index (κ1) is 30.1. The Hall–Kier alpha value is -6.77. The molecule has 0 N–H and O–H groups in total. The molecule has 0 saturated carbocycles. The molecular weight excluding hydrogens is 631 g/mol. The van der Waals surface area contributed by atoms with Crippen LogP contribution in [0.2, 0.25) is 0 Å². The fraction of sp³-hybridized carbons (Fsp3) is 0.0200. The quantitative estimate of drug-likeness (QED) is 0.171.